The smallest absolute Gasteiger partial charge is 0.497 e. The number of halogens is 3. The van der Waals surface area contributed by atoms with Gasteiger partial charge < -0.3 is 14.8 Å². The molecule has 0 saturated carbocycles. The van der Waals surface area contributed by atoms with Gasteiger partial charge in [0.2, 0.25) is 0 Å². The number of ether oxygens (including phenoxy) is 2. The molecule has 0 spiro atoms. The molecule has 1 heterocycles. The van der Waals surface area contributed by atoms with Gasteiger partial charge in [0.1, 0.15) is 11.5 Å². The number of fused-ring (bicyclic) bond motifs is 1. The summed E-state index contributed by atoms with van der Waals surface area (Å²) < 4.78 is 72.6. The molecule has 140 valence electrons. The monoisotopic (exact) mass is 388 g/mol. The molecule has 0 aromatic heterocycles. The first-order valence-corrected chi connectivity index (χ1v) is 8.95. The summed E-state index contributed by atoms with van der Waals surface area (Å²) in [5.74, 6) is 0.0889. The molecule has 2 aromatic rings. The van der Waals surface area contributed by atoms with Gasteiger partial charge in [0, 0.05) is 12.6 Å². The minimum Gasteiger partial charge on any atom is -0.497 e. The molecular weight excluding hydrogens is 373 g/mol. The molecule has 0 amide bonds. The zero-order valence-corrected chi connectivity index (χ0v) is 14.4. The fourth-order valence-electron chi connectivity index (χ4n) is 2.60. The number of methoxy groups -OCH3 is 1. The van der Waals surface area contributed by atoms with Gasteiger partial charge in [-0.25, -0.2) is 8.42 Å². The van der Waals surface area contributed by atoms with E-state index in [0.717, 1.165) is 24.3 Å². The average molecular weight is 388 g/mol. The number of alkyl halides is 3. The van der Waals surface area contributed by atoms with Gasteiger partial charge in [0.15, 0.2) is 0 Å². The Hall–Kier alpha value is -2.62. The van der Waals surface area contributed by atoms with Crippen molar-refractivity contribution in [2.24, 2.45) is 0 Å². The van der Waals surface area contributed by atoms with Crippen molar-refractivity contribution >= 4 is 21.4 Å². The zero-order valence-electron chi connectivity index (χ0n) is 13.6. The van der Waals surface area contributed by atoms with Gasteiger partial charge in [0.25, 0.3) is 10.0 Å². The van der Waals surface area contributed by atoms with E-state index >= 15 is 0 Å². The van der Waals surface area contributed by atoms with Crippen molar-refractivity contribution in [1.29, 1.82) is 0 Å². The van der Waals surface area contributed by atoms with Crippen molar-refractivity contribution in [3.05, 3.63) is 42.5 Å². The van der Waals surface area contributed by atoms with Crippen molar-refractivity contribution < 1.29 is 31.1 Å². The summed E-state index contributed by atoms with van der Waals surface area (Å²) in [6.45, 7) is 0.567. The number of sulfonamides is 1. The number of anilines is 2. The number of nitrogens with zero attached hydrogens (tertiary/aromatic N) is 1. The standard InChI is InChI=1S/C16H15F3N2O4S/c1-24-12-4-7-15-14(10-12)20-8-9-21(15)26(22,23)13-5-2-11(3-6-13)25-16(17,18)19/h2-7,10,20H,8-9H2,1H3. The fraction of sp³-hybridized carbons (Fsp3) is 0.250. The van der Waals surface area contributed by atoms with E-state index in [-0.39, 0.29) is 11.4 Å². The van der Waals surface area contributed by atoms with Gasteiger partial charge >= 0.3 is 6.36 Å². The molecule has 10 heteroatoms. The van der Waals surface area contributed by atoms with Gasteiger partial charge in [-0.1, -0.05) is 0 Å². The van der Waals surface area contributed by atoms with Crippen molar-refractivity contribution in [3.8, 4) is 11.5 Å². The Morgan fingerprint density at radius 3 is 2.35 bits per heavy atom. The number of hydrogen-bond acceptors (Lipinski definition) is 5. The van der Waals surface area contributed by atoms with Gasteiger partial charge in [0.05, 0.1) is 29.9 Å². The lowest BCUT2D eigenvalue weighted by Gasteiger charge is -2.31. The van der Waals surface area contributed by atoms with Crippen LogP contribution in [0.5, 0.6) is 11.5 Å². The molecule has 0 atom stereocenters. The van der Waals surface area contributed by atoms with Gasteiger partial charge in [-0.05, 0) is 36.4 Å². The molecule has 0 bridgehead atoms. The van der Waals surface area contributed by atoms with Crippen LogP contribution in [0.4, 0.5) is 24.5 Å². The summed E-state index contributed by atoms with van der Waals surface area (Å²) in [5.41, 5.74) is 1.03. The van der Waals surface area contributed by atoms with Crippen LogP contribution in [0.25, 0.3) is 0 Å². The number of rotatable bonds is 4. The van der Waals surface area contributed by atoms with Crippen LogP contribution in [0.15, 0.2) is 47.4 Å². The molecule has 26 heavy (non-hydrogen) atoms. The number of nitrogens with one attached hydrogen (secondary N) is 1. The minimum atomic E-state index is -4.84. The molecule has 1 aliphatic rings. The van der Waals surface area contributed by atoms with Crippen LogP contribution in [0.1, 0.15) is 0 Å². The topological polar surface area (TPSA) is 67.9 Å². The summed E-state index contributed by atoms with van der Waals surface area (Å²) in [5, 5.41) is 3.09. The second-order valence-corrected chi connectivity index (χ2v) is 7.27. The fourth-order valence-corrected chi connectivity index (χ4v) is 4.09. The molecule has 0 radical (unpaired) electrons. The lowest BCUT2D eigenvalue weighted by Crippen LogP contribution is -2.38. The minimum absolute atomic E-state index is 0.129. The number of hydrogen-bond donors (Lipinski definition) is 1. The van der Waals surface area contributed by atoms with Crippen molar-refractivity contribution in [2.45, 2.75) is 11.3 Å². The molecule has 1 N–H and O–H groups in total. The first kappa shape index (κ1) is 18.2. The Labute approximate surface area is 148 Å². The van der Waals surface area contributed by atoms with E-state index in [2.05, 4.69) is 10.1 Å². The highest BCUT2D eigenvalue weighted by molar-refractivity contribution is 7.92. The molecule has 6 nitrogen and oxygen atoms in total. The van der Waals surface area contributed by atoms with Crippen LogP contribution in [0.2, 0.25) is 0 Å². The highest BCUT2D eigenvalue weighted by atomic mass is 32.2. The molecule has 3 rings (SSSR count). The molecule has 0 unspecified atom stereocenters. The van der Waals surface area contributed by atoms with Crippen LogP contribution < -0.4 is 19.1 Å². The first-order valence-electron chi connectivity index (χ1n) is 7.51. The van der Waals surface area contributed by atoms with Crippen LogP contribution in [-0.2, 0) is 10.0 Å². The van der Waals surface area contributed by atoms with Gasteiger partial charge in [-0.2, -0.15) is 0 Å². The Bertz CT molecular complexity index is 899. The maximum atomic E-state index is 12.9. The predicted octanol–water partition coefficient (Wildman–Crippen LogP) is 3.21. The van der Waals surface area contributed by atoms with Crippen LogP contribution in [0.3, 0.4) is 0 Å². The Morgan fingerprint density at radius 2 is 1.73 bits per heavy atom. The lowest BCUT2D eigenvalue weighted by molar-refractivity contribution is -0.274. The van der Waals surface area contributed by atoms with E-state index in [4.69, 9.17) is 4.74 Å². The van der Waals surface area contributed by atoms with Crippen molar-refractivity contribution in [2.75, 3.05) is 29.8 Å². The number of benzene rings is 2. The highest BCUT2D eigenvalue weighted by Crippen LogP contribution is 2.36. The maximum absolute atomic E-state index is 12.9. The van der Waals surface area contributed by atoms with Gasteiger partial charge in [-0.15, -0.1) is 13.2 Å². The van der Waals surface area contributed by atoms with Crippen LogP contribution >= 0.6 is 0 Å². The van der Waals surface area contributed by atoms with Crippen molar-refractivity contribution in [3.63, 3.8) is 0 Å². The molecule has 0 saturated heterocycles. The third kappa shape index (κ3) is 3.64. The Morgan fingerprint density at radius 1 is 1.08 bits per heavy atom. The quantitative estimate of drug-likeness (QED) is 0.871. The molecular formula is C16H15F3N2O4S. The molecule has 0 fully saturated rings. The van der Waals surface area contributed by atoms with E-state index in [1.165, 1.54) is 11.4 Å². The average Bonchev–Trinajstić information content (AvgIpc) is 2.59. The molecule has 0 aliphatic carbocycles. The van der Waals surface area contributed by atoms with E-state index in [9.17, 15) is 21.6 Å². The lowest BCUT2D eigenvalue weighted by atomic mass is 10.2. The Kier molecular flexibility index (Phi) is 4.61. The van der Waals surface area contributed by atoms with E-state index in [1.54, 1.807) is 18.2 Å². The zero-order chi connectivity index (χ0) is 18.9. The van der Waals surface area contributed by atoms with E-state index in [1.807, 2.05) is 0 Å². The largest absolute Gasteiger partial charge is 0.573 e. The summed E-state index contributed by atoms with van der Waals surface area (Å²) in [6, 6.07) is 9.03. The third-order valence-corrected chi connectivity index (χ3v) is 5.58. The van der Waals surface area contributed by atoms with Crippen LogP contribution in [-0.4, -0.2) is 35.0 Å². The first-order chi connectivity index (χ1) is 12.2. The third-order valence-electron chi connectivity index (χ3n) is 3.75. The molecule has 1 aliphatic heterocycles. The van der Waals surface area contributed by atoms with Gasteiger partial charge in [-0.3, -0.25) is 4.31 Å². The van der Waals surface area contributed by atoms with E-state index in [0.29, 0.717) is 23.7 Å². The summed E-state index contributed by atoms with van der Waals surface area (Å²) >= 11 is 0. The second kappa shape index (κ2) is 6.60. The van der Waals surface area contributed by atoms with Crippen LogP contribution in [0, 0.1) is 0 Å². The summed E-state index contributed by atoms with van der Waals surface area (Å²) in [4.78, 5) is -0.129. The normalized spacial score (nSPS) is 14.4. The highest BCUT2D eigenvalue weighted by Gasteiger charge is 2.32. The maximum Gasteiger partial charge on any atom is 0.573 e. The molecule has 2 aromatic carbocycles. The summed E-state index contributed by atoms with van der Waals surface area (Å²) in [7, 11) is -2.44. The Balaban J connectivity index is 1.92. The second-order valence-electron chi connectivity index (χ2n) is 5.41. The van der Waals surface area contributed by atoms with Crippen molar-refractivity contribution in [1.82, 2.24) is 0 Å². The SMILES string of the molecule is COc1ccc2c(c1)NCCN2S(=O)(=O)c1ccc(OC(F)(F)F)cc1. The summed E-state index contributed by atoms with van der Waals surface area (Å²) in [6.07, 6.45) is -4.84. The van der Waals surface area contributed by atoms with E-state index < -0.39 is 22.1 Å². The predicted molar refractivity (Wildman–Crippen MR) is 89.1 cm³/mol.